The van der Waals surface area contributed by atoms with Crippen molar-refractivity contribution in [2.24, 2.45) is 5.92 Å². The molecular formula is C10H14ClN3O2S. The van der Waals surface area contributed by atoms with Crippen LogP contribution in [0.1, 0.15) is 22.6 Å². The van der Waals surface area contributed by atoms with Gasteiger partial charge in [0.05, 0.1) is 0 Å². The maximum absolute atomic E-state index is 12.0. The second-order valence-corrected chi connectivity index (χ2v) is 5.66. The van der Waals surface area contributed by atoms with E-state index in [0.717, 1.165) is 43.9 Å². The molecule has 2 rings (SSSR count). The van der Waals surface area contributed by atoms with E-state index in [1.165, 1.54) is 0 Å². The van der Waals surface area contributed by atoms with Crippen molar-refractivity contribution in [1.82, 2.24) is 15.1 Å². The fourth-order valence-corrected chi connectivity index (χ4v) is 2.68. The van der Waals surface area contributed by atoms with Crippen molar-refractivity contribution in [3.8, 4) is 0 Å². The second-order valence-electron chi connectivity index (χ2n) is 4.10. The Morgan fingerprint density at radius 3 is 2.82 bits per heavy atom. The standard InChI is InChI=1S/C10H14ClN3O2S/c1-14(6-7-2-4-16-5-3-7)9(15)8-12-13-10(11)17-8/h7H,2-6H2,1H3. The SMILES string of the molecule is CN(CC1CCOCC1)C(=O)c1nnc(Cl)s1. The highest BCUT2D eigenvalue weighted by atomic mass is 35.5. The highest BCUT2D eigenvalue weighted by Crippen LogP contribution is 2.19. The monoisotopic (exact) mass is 275 g/mol. The van der Waals surface area contributed by atoms with Crippen LogP contribution in [0, 0.1) is 5.92 Å². The summed E-state index contributed by atoms with van der Waals surface area (Å²) in [6, 6.07) is 0. The predicted octanol–water partition coefficient (Wildman–Crippen LogP) is 1.69. The summed E-state index contributed by atoms with van der Waals surface area (Å²) in [5.41, 5.74) is 0. The number of ether oxygens (including phenoxy) is 1. The molecule has 0 aromatic carbocycles. The quantitative estimate of drug-likeness (QED) is 0.842. The number of halogens is 1. The van der Waals surface area contributed by atoms with Crippen LogP contribution in [0.15, 0.2) is 0 Å². The highest BCUT2D eigenvalue weighted by molar-refractivity contribution is 7.17. The number of hydrogen-bond donors (Lipinski definition) is 0. The number of rotatable bonds is 3. The van der Waals surface area contributed by atoms with Gasteiger partial charge in [0.2, 0.25) is 9.47 Å². The third-order valence-corrected chi connectivity index (χ3v) is 3.81. The number of amides is 1. The summed E-state index contributed by atoms with van der Waals surface area (Å²) in [5, 5.41) is 7.74. The molecule has 1 aliphatic rings. The summed E-state index contributed by atoms with van der Waals surface area (Å²) >= 11 is 6.77. The molecule has 94 valence electrons. The zero-order valence-electron chi connectivity index (χ0n) is 9.56. The average Bonchev–Trinajstić information content (AvgIpc) is 2.76. The Bertz CT molecular complexity index is 393. The first-order chi connectivity index (χ1) is 8.16. The molecule has 0 bridgehead atoms. The Hall–Kier alpha value is -0.720. The van der Waals surface area contributed by atoms with Gasteiger partial charge in [-0.15, -0.1) is 10.2 Å². The van der Waals surface area contributed by atoms with Crippen molar-refractivity contribution in [1.29, 1.82) is 0 Å². The van der Waals surface area contributed by atoms with Gasteiger partial charge in [-0.25, -0.2) is 0 Å². The van der Waals surface area contributed by atoms with Crippen molar-refractivity contribution in [2.75, 3.05) is 26.8 Å². The molecule has 1 aromatic rings. The van der Waals surface area contributed by atoms with Gasteiger partial charge in [-0.1, -0.05) is 11.3 Å². The summed E-state index contributed by atoms with van der Waals surface area (Å²) in [6.45, 7) is 2.31. The zero-order chi connectivity index (χ0) is 12.3. The number of carbonyl (C=O) groups is 1. The van der Waals surface area contributed by atoms with Crippen LogP contribution in [0.3, 0.4) is 0 Å². The van der Waals surface area contributed by atoms with E-state index in [1.807, 2.05) is 0 Å². The maximum atomic E-state index is 12.0. The lowest BCUT2D eigenvalue weighted by Crippen LogP contribution is -2.34. The molecule has 7 heteroatoms. The Labute approximate surface area is 109 Å². The van der Waals surface area contributed by atoms with E-state index in [4.69, 9.17) is 16.3 Å². The van der Waals surface area contributed by atoms with Gasteiger partial charge in [0, 0.05) is 26.8 Å². The highest BCUT2D eigenvalue weighted by Gasteiger charge is 2.21. The number of aromatic nitrogens is 2. The first-order valence-corrected chi connectivity index (χ1v) is 6.68. The van der Waals surface area contributed by atoms with Crippen LogP contribution in [-0.4, -0.2) is 47.8 Å². The van der Waals surface area contributed by atoms with Crippen LogP contribution >= 0.6 is 22.9 Å². The topological polar surface area (TPSA) is 55.3 Å². The summed E-state index contributed by atoms with van der Waals surface area (Å²) in [5.74, 6) is 0.405. The molecule has 0 atom stereocenters. The lowest BCUT2D eigenvalue weighted by Gasteiger charge is -2.26. The fourth-order valence-electron chi connectivity index (χ4n) is 1.85. The van der Waals surface area contributed by atoms with Crippen molar-refractivity contribution in [3.63, 3.8) is 0 Å². The summed E-state index contributed by atoms with van der Waals surface area (Å²) in [6.07, 6.45) is 2.02. The first-order valence-electron chi connectivity index (χ1n) is 5.49. The van der Waals surface area contributed by atoms with Crippen LogP contribution in [0.5, 0.6) is 0 Å². The molecule has 1 fully saturated rings. The third-order valence-electron chi connectivity index (χ3n) is 2.80. The van der Waals surface area contributed by atoms with Crippen LogP contribution < -0.4 is 0 Å². The zero-order valence-corrected chi connectivity index (χ0v) is 11.1. The molecule has 1 amide bonds. The summed E-state index contributed by atoms with van der Waals surface area (Å²) in [4.78, 5) is 13.7. The van der Waals surface area contributed by atoms with Gasteiger partial charge in [-0.2, -0.15) is 0 Å². The van der Waals surface area contributed by atoms with E-state index in [-0.39, 0.29) is 5.91 Å². The minimum Gasteiger partial charge on any atom is -0.381 e. The number of nitrogens with zero attached hydrogens (tertiary/aromatic N) is 3. The van der Waals surface area contributed by atoms with E-state index < -0.39 is 0 Å². The summed E-state index contributed by atoms with van der Waals surface area (Å²) in [7, 11) is 1.78. The normalized spacial score (nSPS) is 17.1. The van der Waals surface area contributed by atoms with Crippen molar-refractivity contribution >= 4 is 28.8 Å². The molecule has 5 nitrogen and oxygen atoms in total. The minimum atomic E-state index is -0.110. The van der Waals surface area contributed by atoms with Crippen molar-refractivity contribution in [3.05, 3.63) is 9.47 Å². The van der Waals surface area contributed by atoms with Crippen molar-refractivity contribution < 1.29 is 9.53 Å². The van der Waals surface area contributed by atoms with Gasteiger partial charge in [-0.3, -0.25) is 4.79 Å². The van der Waals surface area contributed by atoms with E-state index in [1.54, 1.807) is 11.9 Å². The van der Waals surface area contributed by atoms with Gasteiger partial charge in [-0.05, 0) is 30.4 Å². The second kappa shape index (κ2) is 5.75. The van der Waals surface area contributed by atoms with E-state index >= 15 is 0 Å². The minimum absolute atomic E-state index is 0.110. The van der Waals surface area contributed by atoms with Crippen molar-refractivity contribution in [2.45, 2.75) is 12.8 Å². The largest absolute Gasteiger partial charge is 0.381 e. The van der Waals surface area contributed by atoms with Gasteiger partial charge in [0.25, 0.3) is 5.91 Å². The number of hydrogen-bond acceptors (Lipinski definition) is 5. The van der Waals surface area contributed by atoms with Gasteiger partial charge in [0.15, 0.2) is 0 Å². The molecule has 2 heterocycles. The maximum Gasteiger partial charge on any atom is 0.284 e. The molecule has 1 aromatic heterocycles. The van der Waals surface area contributed by atoms with Crippen LogP contribution in [0.25, 0.3) is 0 Å². The summed E-state index contributed by atoms with van der Waals surface area (Å²) < 4.78 is 5.59. The molecule has 0 aliphatic carbocycles. The Kier molecular flexibility index (Phi) is 4.31. The molecule has 17 heavy (non-hydrogen) atoms. The van der Waals surface area contributed by atoms with Crippen LogP contribution in [-0.2, 0) is 4.74 Å². The smallest absolute Gasteiger partial charge is 0.284 e. The molecule has 0 N–H and O–H groups in total. The molecule has 0 spiro atoms. The fraction of sp³-hybridized carbons (Fsp3) is 0.700. The van der Waals surface area contributed by atoms with E-state index in [9.17, 15) is 4.79 Å². The molecule has 0 saturated carbocycles. The average molecular weight is 276 g/mol. The first kappa shape index (κ1) is 12.7. The van der Waals surface area contributed by atoms with Crippen LogP contribution in [0.2, 0.25) is 4.47 Å². The van der Waals surface area contributed by atoms with Gasteiger partial charge in [0.1, 0.15) is 0 Å². The Morgan fingerprint density at radius 2 is 2.24 bits per heavy atom. The van der Waals surface area contributed by atoms with Crippen LogP contribution in [0.4, 0.5) is 0 Å². The molecule has 0 radical (unpaired) electrons. The van der Waals surface area contributed by atoms with Gasteiger partial charge < -0.3 is 9.64 Å². The number of carbonyl (C=O) groups excluding carboxylic acids is 1. The third kappa shape index (κ3) is 3.37. The molecule has 1 aliphatic heterocycles. The van der Waals surface area contributed by atoms with E-state index in [0.29, 0.717) is 15.4 Å². The Morgan fingerprint density at radius 1 is 1.53 bits per heavy atom. The predicted molar refractivity (Wildman–Crippen MR) is 65.4 cm³/mol. The lowest BCUT2D eigenvalue weighted by atomic mass is 10.00. The molecular weight excluding hydrogens is 262 g/mol. The molecule has 0 unspecified atom stereocenters. The molecule has 1 saturated heterocycles. The van der Waals surface area contributed by atoms with Gasteiger partial charge >= 0.3 is 0 Å². The lowest BCUT2D eigenvalue weighted by molar-refractivity contribution is 0.0497. The van der Waals surface area contributed by atoms with E-state index in [2.05, 4.69) is 10.2 Å². The Balaban J connectivity index is 1.90.